The van der Waals surface area contributed by atoms with Crippen LogP contribution in [0.25, 0.3) is 0 Å². The maximum atomic E-state index is 14.2. The van der Waals surface area contributed by atoms with Crippen LogP contribution in [0.15, 0.2) is 0 Å². The molecule has 0 aromatic carbocycles. The second kappa shape index (κ2) is 52.6. The molecule has 3 saturated heterocycles. The Morgan fingerprint density at radius 2 is 0.726 bits per heavy atom. The lowest BCUT2D eigenvalue weighted by Gasteiger charge is -2.47. The van der Waals surface area contributed by atoms with E-state index in [9.17, 15) is 84.3 Å². The van der Waals surface area contributed by atoms with E-state index in [-0.39, 0.29) is 205 Å². The summed E-state index contributed by atoms with van der Waals surface area (Å²) in [5, 5.41) is 113. The van der Waals surface area contributed by atoms with E-state index in [0.717, 1.165) is 25.7 Å². The molecule has 0 radical (unpaired) electrons. The van der Waals surface area contributed by atoms with Gasteiger partial charge in [0.05, 0.1) is 132 Å². The first-order valence-corrected chi connectivity index (χ1v) is 39.6. The number of ether oxygens (including phenoxy) is 13. The van der Waals surface area contributed by atoms with E-state index < -0.39 is 159 Å². The third-order valence-corrected chi connectivity index (χ3v) is 20.3. The third kappa shape index (κ3) is 37.6. The Balaban J connectivity index is 1.37. The zero-order valence-electron chi connectivity index (χ0n) is 67.9. The molecular formula is C75H136N8O30. The van der Waals surface area contributed by atoms with Crippen LogP contribution in [0, 0.1) is 22.2 Å². The average Bonchev–Trinajstić information content (AvgIpc) is 0.829. The number of hydrogen-bond donors (Lipinski definition) is 17. The van der Waals surface area contributed by atoms with Gasteiger partial charge in [-0.1, -0.05) is 54.9 Å². The van der Waals surface area contributed by atoms with E-state index in [4.69, 9.17) is 61.6 Å². The van der Waals surface area contributed by atoms with E-state index in [1.165, 1.54) is 20.8 Å². The van der Waals surface area contributed by atoms with Gasteiger partial charge in [-0.3, -0.25) is 38.4 Å². The first kappa shape index (κ1) is 100. The van der Waals surface area contributed by atoms with Crippen LogP contribution in [0.5, 0.6) is 0 Å². The summed E-state index contributed by atoms with van der Waals surface area (Å²) in [7, 11) is 0. The summed E-state index contributed by atoms with van der Waals surface area (Å²) in [5.74, 6) is -3.03. The van der Waals surface area contributed by atoms with E-state index in [1.807, 2.05) is 0 Å². The van der Waals surface area contributed by atoms with Gasteiger partial charge in [0.2, 0.25) is 47.3 Å². The minimum Gasteiger partial charge on any atom is -0.394 e. The van der Waals surface area contributed by atoms with Crippen molar-refractivity contribution in [2.45, 2.75) is 256 Å². The van der Waals surface area contributed by atoms with Crippen molar-refractivity contribution in [2.24, 2.45) is 22.2 Å². The zero-order valence-corrected chi connectivity index (χ0v) is 67.9. The van der Waals surface area contributed by atoms with Gasteiger partial charge in [0.25, 0.3) is 0 Å². The molecule has 4 aliphatic rings. The van der Waals surface area contributed by atoms with Crippen LogP contribution >= 0.6 is 0 Å². The summed E-state index contributed by atoms with van der Waals surface area (Å²) in [6, 6.07) is -3.37. The summed E-state index contributed by atoms with van der Waals surface area (Å²) in [5.41, 5.74) is -1.61. The smallest absolute Gasteiger partial charge is 0.220 e. The highest BCUT2D eigenvalue weighted by molar-refractivity contribution is 5.81. The van der Waals surface area contributed by atoms with Crippen molar-refractivity contribution < 1.29 is 146 Å². The number of rotatable bonds is 59. The van der Waals surface area contributed by atoms with E-state index in [0.29, 0.717) is 19.1 Å². The second-order valence-corrected chi connectivity index (χ2v) is 31.5. The highest BCUT2D eigenvalue weighted by Crippen LogP contribution is 2.46. The molecule has 3 aliphatic heterocycles. The molecule has 0 aromatic rings. The van der Waals surface area contributed by atoms with Crippen LogP contribution in [0.1, 0.15) is 153 Å². The van der Waals surface area contributed by atoms with Gasteiger partial charge in [-0.05, 0) is 67.1 Å². The molecule has 1 aliphatic carbocycles. The zero-order chi connectivity index (χ0) is 83.7. The fraction of sp³-hybridized carbons (Fsp3) is 0.893. The van der Waals surface area contributed by atoms with Crippen molar-refractivity contribution in [3.8, 4) is 0 Å². The van der Waals surface area contributed by atoms with Crippen molar-refractivity contribution >= 4 is 47.3 Å². The Hall–Kier alpha value is -5.12. The van der Waals surface area contributed by atoms with Gasteiger partial charge in [0.1, 0.15) is 73.1 Å². The monoisotopic (exact) mass is 1630 g/mol. The van der Waals surface area contributed by atoms with Gasteiger partial charge >= 0.3 is 0 Å². The number of aliphatic hydroxyl groups excluding tert-OH is 9. The standard InChI is InChI=1S/C75H136N8O30/c1-11-74(9,10)50-15-16-51(50)110-46-73(7,8)44-72(5,6)45-79-55(90)13-12-14-59(94)83-75(20-17-56(91)76-23-26-101-29-32-104-35-38-107-69-60(80-47(2)87)66(98)63(95)52(41-84)111-69,21-18-57(92)77-24-27-102-30-33-105-36-39-108-70-61(81-48(3)88)67(99)64(96)53(42-85)112-70)22-19-58(93)78-25-28-103-31-34-106-37-40-109-71-62(82-49(4)89)68(100)65(97)54(43-86)113-71/h50-54,60-71,84-86,95-100H,11-46H2,1-10H3,(H,76,91)(H,77,92)(H,78,93)(H,79,90)(H,80,87)(H,81,88)(H,82,89)(H,83,94). The van der Waals surface area contributed by atoms with Gasteiger partial charge in [0.15, 0.2) is 18.9 Å². The molecule has 113 heavy (non-hydrogen) atoms. The Morgan fingerprint density at radius 3 is 1.04 bits per heavy atom. The lowest BCUT2D eigenvalue weighted by Crippen LogP contribution is -2.64. The highest BCUT2D eigenvalue weighted by Gasteiger charge is 2.49. The number of carbonyl (C=O) groups is 8. The van der Waals surface area contributed by atoms with Crippen LogP contribution in [0.2, 0.25) is 0 Å². The molecule has 38 heteroatoms. The van der Waals surface area contributed by atoms with Crippen molar-refractivity contribution in [1.82, 2.24) is 42.5 Å². The molecule has 656 valence electrons. The van der Waals surface area contributed by atoms with Gasteiger partial charge < -0.3 is 150 Å². The number of aliphatic hydroxyl groups is 9. The second-order valence-electron chi connectivity index (χ2n) is 31.5. The van der Waals surface area contributed by atoms with Crippen molar-refractivity contribution in [3.05, 3.63) is 0 Å². The predicted molar refractivity (Wildman–Crippen MR) is 402 cm³/mol. The first-order chi connectivity index (χ1) is 53.6. The molecule has 38 nitrogen and oxygen atoms in total. The summed E-state index contributed by atoms with van der Waals surface area (Å²) >= 11 is 0. The molecule has 4 fully saturated rings. The molecule has 17 N–H and O–H groups in total. The Kier molecular flexibility index (Phi) is 46.7. The summed E-state index contributed by atoms with van der Waals surface area (Å²) in [6.07, 6.45) is -12.2. The van der Waals surface area contributed by atoms with Crippen molar-refractivity contribution in [3.63, 3.8) is 0 Å². The normalized spacial score (nSPS) is 26.6. The van der Waals surface area contributed by atoms with Crippen LogP contribution in [0.3, 0.4) is 0 Å². The first-order valence-electron chi connectivity index (χ1n) is 39.6. The van der Waals surface area contributed by atoms with Crippen LogP contribution in [-0.4, -0.2) is 349 Å². The summed E-state index contributed by atoms with van der Waals surface area (Å²) in [6.45, 7) is 19.1. The Bertz CT molecular complexity index is 2580. The van der Waals surface area contributed by atoms with Crippen LogP contribution < -0.4 is 42.5 Å². The third-order valence-electron chi connectivity index (χ3n) is 20.3. The summed E-state index contributed by atoms with van der Waals surface area (Å²) in [4.78, 5) is 104. The Morgan fingerprint density at radius 1 is 0.398 bits per heavy atom. The van der Waals surface area contributed by atoms with Gasteiger partial charge in [-0.25, -0.2) is 0 Å². The molecule has 1 saturated carbocycles. The number of nitrogens with one attached hydrogen (secondary N) is 8. The maximum Gasteiger partial charge on any atom is 0.220 e. The molecule has 0 aromatic heterocycles. The molecule has 0 bridgehead atoms. The molecule has 4 rings (SSSR count). The van der Waals surface area contributed by atoms with Gasteiger partial charge in [-0.15, -0.1) is 0 Å². The lowest BCUT2D eigenvalue weighted by atomic mass is 9.64. The minimum absolute atomic E-state index is 0.0202. The molecule has 17 unspecified atom stereocenters. The minimum atomic E-state index is -1.48. The predicted octanol–water partition coefficient (Wildman–Crippen LogP) is -3.53. The fourth-order valence-corrected chi connectivity index (χ4v) is 13.9. The number of carbonyl (C=O) groups excluding carboxylic acids is 8. The Labute approximate surface area is 663 Å². The van der Waals surface area contributed by atoms with E-state index in [2.05, 4.69) is 91.0 Å². The van der Waals surface area contributed by atoms with Crippen molar-refractivity contribution in [1.29, 1.82) is 0 Å². The fourth-order valence-electron chi connectivity index (χ4n) is 13.9. The van der Waals surface area contributed by atoms with Crippen LogP contribution in [-0.2, 0) is 99.9 Å². The van der Waals surface area contributed by atoms with Gasteiger partial charge in [-0.2, -0.15) is 0 Å². The molecule has 3 heterocycles. The number of amides is 8. The molecule has 17 atom stereocenters. The maximum absolute atomic E-state index is 14.2. The lowest BCUT2D eigenvalue weighted by molar-refractivity contribution is -0.272. The topological polar surface area (TPSA) is 535 Å². The van der Waals surface area contributed by atoms with E-state index >= 15 is 0 Å². The summed E-state index contributed by atoms with van der Waals surface area (Å²) < 4.78 is 74.0. The molecular weight excluding hydrogens is 1490 g/mol. The van der Waals surface area contributed by atoms with Crippen molar-refractivity contribution in [2.75, 3.05) is 152 Å². The molecule has 0 spiro atoms. The van der Waals surface area contributed by atoms with Crippen LogP contribution in [0.4, 0.5) is 0 Å². The van der Waals surface area contributed by atoms with E-state index in [1.54, 1.807) is 0 Å². The highest BCUT2D eigenvalue weighted by atomic mass is 16.7. The number of hydrogen-bond acceptors (Lipinski definition) is 30. The SMILES string of the molecule is CCC(C)(C)C1CCC1OCC(C)(C)CC(C)(C)CNC(=O)CCCC(=O)NC(CCC(=O)NCCOCCOCCOC1OC(CO)C(O)C(O)C1NC(C)=O)(CCC(=O)NCCOCCOCCOC1OC(CO)C(O)C(O)C1NC(C)=O)CCC(=O)NCCOCCOCCOC1OC(CO)C(O)C(O)C1NC(C)=O. The van der Waals surface area contributed by atoms with Gasteiger partial charge in [0, 0.05) is 84.6 Å². The quantitative estimate of drug-likeness (QED) is 0.0262. The largest absolute Gasteiger partial charge is 0.394 e. The average molecular weight is 1630 g/mol. The molecule has 8 amide bonds.